The molecular weight excluding hydrogens is 532 g/mol. The van der Waals surface area contributed by atoms with Gasteiger partial charge in [-0.1, -0.05) is 48.5 Å². The number of nitrogens with one attached hydrogen (secondary N) is 2. The fourth-order valence-corrected chi connectivity index (χ4v) is 5.99. The van der Waals surface area contributed by atoms with E-state index in [4.69, 9.17) is 14.6 Å². The molecule has 10 heteroatoms. The van der Waals surface area contributed by atoms with Crippen molar-refractivity contribution >= 4 is 17.8 Å². The summed E-state index contributed by atoms with van der Waals surface area (Å²) >= 11 is 0. The van der Waals surface area contributed by atoms with Crippen LogP contribution in [0, 0.1) is 18.8 Å². The maximum absolute atomic E-state index is 13.7. The Morgan fingerprint density at radius 2 is 1.79 bits per heavy atom. The molecule has 2 aromatic heterocycles. The Labute approximate surface area is 246 Å². The van der Waals surface area contributed by atoms with Gasteiger partial charge in [-0.25, -0.2) is 9.48 Å². The zero-order valence-corrected chi connectivity index (χ0v) is 24.5. The van der Waals surface area contributed by atoms with Gasteiger partial charge in [0.25, 0.3) is 0 Å². The van der Waals surface area contributed by atoms with Gasteiger partial charge in [0.05, 0.1) is 31.0 Å². The van der Waals surface area contributed by atoms with Gasteiger partial charge in [0, 0.05) is 43.4 Å². The molecule has 1 fully saturated rings. The molecule has 1 aliphatic rings. The van der Waals surface area contributed by atoms with Crippen LogP contribution in [0.4, 0.5) is 10.6 Å². The van der Waals surface area contributed by atoms with Crippen molar-refractivity contribution < 1.29 is 19.1 Å². The molecule has 0 aliphatic heterocycles. The second-order valence-corrected chi connectivity index (χ2v) is 10.7. The van der Waals surface area contributed by atoms with Gasteiger partial charge in [0.15, 0.2) is 0 Å². The van der Waals surface area contributed by atoms with Gasteiger partial charge in [0.1, 0.15) is 11.5 Å². The second kappa shape index (κ2) is 13.0. The third-order valence-electron chi connectivity index (χ3n) is 7.98. The number of carbonyl (C=O) groups is 2. The Morgan fingerprint density at radius 3 is 2.43 bits per heavy atom. The number of esters is 1. The van der Waals surface area contributed by atoms with E-state index in [1.165, 1.54) is 0 Å². The lowest BCUT2D eigenvalue weighted by Gasteiger charge is -2.22. The molecular formula is C32H38N6O4. The van der Waals surface area contributed by atoms with Crippen LogP contribution in [-0.4, -0.2) is 57.9 Å². The SMILES string of the molecule is CCOC(=O)C(COC)[C@@H]1C[C@@H](NC(=O)Nc2c(C)c(-c3cnn(C)c3)nn2-c2ccccc2)[C@H](c2ccccc2)C1. The second-order valence-electron chi connectivity index (χ2n) is 10.7. The first-order valence-corrected chi connectivity index (χ1v) is 14.3. The topological polar surface area (TPSA) is 112 Å². The molecule has 2 aromatic carbocycles. The van der Waals surface area contributed by atoms with E-state index in [9.17, 15) is 9.59 Å². The molecule has 4 aromatic rings. The molecule has 5 rings (SSSR count). The molecule has 1 saturated carbocycles. The predicted molar refractivity (Wildman–Crippen MR) is 160 cm³/mol. The highest BCUT2D eigenvalue weighted by atomic mass is 16.5. The monoisotopic (exact) mass is 570 g/mol. The fourth-order valence-electron chi connectivity index (χ4n) is 5.99. The Bertz CT molecular complexity index is 1500. The lowest BCUT2D eigenvalue weighted by molar-refractivity contribution is -0.152. The smallest absolute Gasteiger partial charge is 0.320 e. The lowest BCUT2D eigenvalue weighted by Crippen LogP contribution is -2.40. The molecule has 4 atom stereocenters. The number of benzene rings is 2. The number of methoxy groups -OCH3 is 1. The summed E-state index contributed by atoms with van der Waals surface area (Å²) in [7, 11) is 3.45. The van der Waals surface area contributed by atoms with Gasteiger partial charge in [0.2, 0.25) is 0 Å². The van der Waals surface area contributed by atoms with Crippen LogP contribution >= 0.6 is 0 Å². The number of ether oxygens (including phenoxy) is 2. The van der Waals surface area contributed by atoms with Crippen molar-refractivity contribution in [3.8, 4) is 16.9 Å². The Balaban J connectivity index is 1.42. The van der Waals surface area contributed by atoms with Crippen LogP contribution in [0.3, 0.4) is 0 Å². The third-order valence-corrected chi connectivity index (χ3v) is 7.98. The molecule has 2 N–H and O–H groups in total. The maximum atomic E-state index is 13.7. The van der Waals surface area contributed by atoms with Crippen LogP contribution in [0.15, 0.2) is 73.1 Å². The minimum absolute atomic E-state index is 0.00623. The van der Waals surface area contributed by atoms with Crippen LogP contribution in [0.2, 0.25) is 0 Å². The minimum Gasteiger partial charge on any atom is -0.466 e. The Hall–Kier alpha value is -4.44. The Morgan fingerprint density at radius 1 is 1.07 bits per heavy atom. The van der Waals surface area contributed by atoms with Gasteiger partial charge in [-0.3, -0.25) is 14.8 Å². The van der Waals surface area contributed by atoms with Gasteiger partial charge < -0.3 is 14.8 Å². The van der Waals surface area contributed by atoms with E-state index >= 15 is 0 Å². The summed E-state index contributed by atoms with van der Waals surface area (Å²) in [6, 6.07) is 19.3. The van der Waals surface area contributed by atoms with E-state index < -0.39 is 5.92 Å². The van der Waals surface area contributed by atoms with Gasteiger partial charge in [-0.15, -0.1) is 0 Å². The van der Waals surface area contributed by atoms with Crippen molar-refractivity contribution in [3.63, 3.8) is 0 Å². The molecule has 0 bridgehead atoms. The van der Waals surface area contributed by atoms with E-state index in [0.29, 0.717) is 18.8 Å². The van der Waals surface area contributed by atoms with Crippen molar-refractivity contribution in [2.24, 2.45) is 18.9 Å². The molecule has 2 amide bonds. The molecule has 42 heavy (non-hydrogen) atoms. The van der Waals surface area contributed by atoms with Crippen LogP contribution < -0.4 is 10.6 Å². The first-order valence-electron chi connectivity index (χ1n) is 14.3. The predicted octanol–water partition coefficient (Wildman–Crippen LogP) is 5.09. The first kappa shape index (κ1) is 29.1. The molecule has 1 aliphatic carbocycles. The summed E-state index contributed by atoms with van der Waals surface area (Å²) in [5.41, 5.74) is 4.37. The number of amides is 2. The summed E-state index contributed by atoms with van der Waals surface area (Å²) in [6.45, 7) is 4.33. The molecule has 0 spiro atoms. The summed E-state index contributed by atoms with van der Waals surface area (Å²) in [6.07, 6.45) is 5.01. The number of para-hydroxylation sites is 1. The number of rotatable bonds is 10. The summed E-state index contributed by atoms with van der Waals surface area (Å²) < 4.78 is 14.3. The number of urea groups is 1. The van der Waals surface area contributed by atoms with E-state index in [1.807, 2.05) is 68.7 Å². The minimum atomic E-state index is -0.403. The maximum Gasteiger partial charge on any atom is 0.320 e. The average Bonchev–Trinajstić information content (AvgIpc) is 3.70. The number of carbonyl (C=O) groups excluding carboxylic acids is 2. The summed E-state index contributed by atoms with van der Waals surface area (Å²) in [5.74, 6) is -0.0614. The van der Waals surface area contributed by atoms with Crippen molar-refractivity contribution in [2.45, 2.75) is 38.6 Å². The fraction of sp³-hybridized carbons (Fsp3) is 0.375. The highest BCUT2D eigenvalue weighted by Gasteiger charge is 2.42. The Kier molecular flexibility index (Phi) is 9.02. The van der Waals surface area contributed by atoms with Crippen molar-refractivity contribution in [1.82, 2.24) is 24.9 Å². The molecule has 1 unspecified atom stereocenters. The number of anilines is 1. The van der Waals surface area contributed by atoms with Crippen molar-refractivity contribution in [1.29, 1.82) is 0 Å². The molecule has 0 saturated heterocycles. The van der Waals surface area contributed by atoms with E-state index in [0.717, 1.165) is 34.5 Å². The molecule has 10 nitrogen and oxygen atoms in total. The number of aryl methyl sites for hydroxylation is 1. The number of nitrogens with zero attached hydrogens (tertiary/aromatic N) is 4. The van der Waals surface area contributed by atoms with Crippen molar-refractivity contribution in [3.05, 3.63) is 84.2 Å². The van der Waals surface area contributed by atoms with E-state index in [2.05, 4.69) is 27.9 Å². The number of hydrogen-bond donors (Lipinski definition) is 2. The van der Waals surface area contributed by atoms with Gasteiger partial charge in [-0.2, -0.15) is 10.2 Å². The van der Waals surface area contributed by atoms with Gasteiger partial charge in [-0.05, 0) is 50.3 Å². The quantitative estimate of drug-likeness (QED) is 0.257. The van der Waals surface area contributed by atoms with Crippen LogP contribution in [0.5, 0.6) is 0 Å². The van der Waals surface area contributed by atoms with Crippen LogP contribution in [0.25, 0.3) is 16.9 Å². The molecule has 0 radical (unpaired) electrons. The van der Waals surface area contributed by atoms with Gasteiger partial charge >= 0.3 is 12.0 Å². The largest absolute Gasteiger partial charge is 0.466 e. The normalized spacial score (nSPS) is 18.9. The number of aromatic nitrogens is 4. The first-order chi connectivity index (χ1) is 20.4. The molecule has 2 heterocycles. The highest BCUT2D eigenvalue weighted by molar-refractivity contribution is 5.91. The van der Waals surface area contributed by atoms with Crippen LogP contribution in [-0.2, 0) is 21.3 Å². The van der Waals surface area contributed by atoms with Crippen molar-refractivity contribution in [2.75, 3.05) is 25.6 Å². The standard InChI is InChI=1S/C32H38N6O4/c1-5-42-31(39)27(20-41-4)23-16-26(22-12-8-6-9-13-22)28(17-23)34-32(40)35-30-21(2)29(24-18-33-37(3)19-24)36-38(30)25-14-10-7-11-15-25/h6-15,18-19,23,26-28H,5,16-17,20H2,1-4H3,(H2,34,35,40)/t23-,26-,27?,28+/m0/s1. The summed E-state index contributed by atoms with van der Waals surface area (Å²) in [5, 5.41) is 15.5. The van der Waals surface area contributed by atoms with E-state index in [1.54, 1.807) is 29.6 Å². The highest BCUT2D eigenvalue weighted by Crippen LogP contribution is 2.42. The molecule has 220 valence electrons. The lowest BCUT2D eigenvalue weighted by atomic mass is 9.89. The van der Waals surface area contributed by atoms with Crippen LogP contribution in [0.1, 0.15) is 36.8 Å². The third kappa shape index (κ3) is 6.23. The average molecular weight is 571 g/mol. The number of hydrogen-bond acceptors (Lipinski definition) is 6. The van der Waals surface area contributed by atoms with E-state index in [-0.39, 0.29) is 36.5 Å². The zero-order chi connectivity index (χ0) is 29.6. The zero-order valence-electron chi connectivity index (χ0n) is 24.5. The summed E-state index contributed by atoms with van der Waals surface area (Å²) in [4.78, 5) is 26.5.